The van der Waals surface area contributed by atoms with E-state index in [0.29, 0.717) is 12.3 Å². The molecular formula is C17H26BrClN2O. The summed E-state index contributed by atoms with van der Waals surface area (Å²) in [7, 11) is 0. The maximum Gasteiger partial charge on any atom is 0.222 e. The maximum absolute atomic E-state index is 12.3. The monoisotopic (exact) mass is 388 g/mol. The number of amides is 1. The Hall–Kier alpha value is -0.580. The van der Waals surface area contributed by atoms with Crippen molar-refractivity contribution in [1.29, 1.82) is 0 Å². The van der Waals surface area contributed by atoms with Gasteiger partial charge in [-0.2, -0.15) is 0 Å². The van der Waals surface area contributed by atoms with Crippen molar-refractivity contribution >= 4 is 34.2 Å². The Morgan fingerprint density at radius 2 is 2.05 bits per heavy atom. The van der Waals surface area contributed by atoms with E-state index in [1.54, 1.807) is 0 Å². The quantitative estimate of drug-likeness (QED) is 0.853. The lowest BCUT2D eigenvalue weighted by molar-refractivity contribution is -0.132. The second-order valence-corrected chi connectivity index (χ2v) is 7.02. The molecule has 0 bridgehead atoms. The number of nitrogens with two attached hydrogens (primary N) is 1. The van der Waals surface area contributed by atoms with Gasteiger partial charge in [0.2, 0.25) is 5.91 Å². The third-order valence-electron chi connectivity index (χ3n) is 4.49. The number of piperidine rings is 1. The minimum absolute atomic E-state index is 0. The van der Waals surface area contributed by atoms with Gasteiger partial charge in [-0.3, -0.25) is 4.79 Å². The fourth-order valence-electron chi connectivity index (χ4n) is 2.95. The van der Waals surface area contributed by atoms with Crippen LogP contribution in [-0.4, -0.2) is 29.9 Å². The summed E-state index contributed by atoms with van der Waals surface area (Å²) in [6, 6.07) is 6.54. The van der Waals surface area contributed by atoms with Gasteiger partial charge in [-0.1, -0.05) is 28.1 Å². The summed E-state index contributed by atoms with van der Waals surface area (Å²) in [5.74, 6) is 0.849. The van der Waals surface area contributed by atoms with Crippen molar-refractivity contribution in [3.63, 3.8) is 0 Å². The lowest BCUT2D eigenvalue weighted by Crippen LogP contribution is -2.42. The van der Waals surface area contributed by atoms with Gasteiger partial charge in [-0.15, -0.1) is 12.4 Å². The molecule has 1 saturated heterocycles. The van der Waals surface area contributed by atoms with E-state index in [4.69, 9.17) is 5.73 Å². The van der Waals surface area contributed by atoms with Gasteiger partial charge < -0.3 is 10.6 Å². The molecule has 1 aliphatic rings. The molecule has 1 atom stereocenters. The van der Waals surface area contributed by atoms with E-state index < -0.39 is 0 Å². The van der Waals surface area contributed by atoms with Gasteiger partial charge in [0.25, 0.3) is 0 Å². The molecule has 2 N–H and O–H groups in total. The zero-order valence-corrected chi connectivity index (χ0v) is 15.8. The SMILES string of the molecule is Cc1cc(CCC(=O)N2CCC(C(C)N)CC2)ccc1Br.Cl. The lowest BCUT2D eigenvalue weighted by atomic mass is 9.91. The van der Waals surface area contributed by atoms with Crippen LogP contribution in [-0.2, 0) is 11.2 Å². The number of carbonyl (C=O) groups excluding carboxylic acids is 1. The van der Waals surface area contributed by atoms with Gasteiger partial charge in [0.1, 0.15) is 0 Å². The van der Waals surface area contributed by atoms with Gasteiger partial charge in [0.05, 0.1) is 0 Å². The highest BCUT2D eigenvalue weighted by atomic mass is 79.9. The normalized spacial score (nSPS) is 17.0. The minimum atomic E-state index is 0. The first-order chi connectivity index (χ1) is 9.97. The summed E-state index contributed by atoms with van der Waals surface area (Å²) < 4.78 is 1.12. The number of rotatable bonds is 4. The molecular weight excluding hydrogens is 364 g/mol. The molecule has 1 heterocycles. The average Bonchev–Trinajstić information content (AvgIpc) is 2.48. The van der Waals surface area contributed by atoms with Crippen LogP contribution in [0.5, 0.6) is 0 Å². The Morgan fingerprint density at radius 1 is 1.41 bits per heavy atom. The van der Waals surface area contributed by atoms with E-state index in [2.05, 4.69) is 48.0 Å². The highest BCUT2D eigenvalue weighted by Crippen LogP contribution is 2.21. The second-order valence-electron chi connectivity index (χ2n) is 6.16. The molecule has 0 spiro atoms. The van der Waals surface area contributed by atoms with Gasteiger partial charge in [-0.05, 0) is 56.2 Å². The Morgan fingerprint density at radius 3 is 2.59 bits per heavy atom. The van der Waals surface area contributed by atoms with Gasteiger partial charge in [-0.25, -0.2) is 0 Å². The molecule has 5 heteroatoms. The van der Waals surface area contributed by atoms with E-state index in [-0.39, 0.29) is 24.4 Å². The van der Waals surface area contributed by atoms with Gasteiger partial charge >= 0.3 is 0 Å². The third kappa shape index (κ3) is 5.25. The summed E-state index contributed by atoms with van der Waals surface area (Å²) in [6.45, 7) is 5.88. The molecule has 124 valence electrons. The largest absolute Gasteiger partial charge is 0.343 e. The van der Waals surface area contributed by atoms with Crippen molar-refractivity contribution < 1.29 is 4.79 Å². The summed E-state index contributed by atoms with van der Waals surface area (Å²) in [4.78, 5) is 14.3. The molecule has 0 radical (unpaired) electrons. The summed E-state index contributed by atoms with van der Waals surface area (Å²) >= 11 is 3.50. The standard InChI is InChI=1S/C17H25BrN2O.ClH/c1-12-11-14(3-5-16(12)18)4-6-17(21)20-9-7-15(8-10-20)13(2)19;/h3,5,11,13,15H,4,6-10,19H2,1-2H3;1H. The molecule has 0 aliphatic carbocycles. The average molecular weight is 390 g/mol. The molecule has 2 rings (SSSR count). The molecule has 1 aromatic carbocycles. The lowest BCUT2D eigenvalue weighted by Gasteiger charge is -2.33. The van der Waals surface area contributed by atoms with Crippen LogP contribution < -0.4 is 5.73 Å². The topological polar surface area (TPSA) is 46.3 Å². The molecule has 1 amide bonds. The first-order valence-corrected chi connectivity index (χ1v) is 8.55. The van der Waals surface area contributed by atoms with E-state index >= 15 is 0 Å². The van der Waals surface area contributed by atoms with Crippen LogP contribution in [0.2, 0.25) is 0 Å². The van der Waals surface area contributed by atoms with Crippen LogP contribution in [0.25, 0.3) is 0 Å². The van der Waals surface area contributed by atoms with Crippen molar-refractivity contribution in [3.05, 3.63) is 33.8 Å². The summed E-state index contributed by atoms with van der Waals surface area (Å²) in [5.41, 5.74) is 8.39. The number of carbonyl (C=O) groups is 1. The first kappa shape index (κ1) is 19.5. The minimum Gasteiger partial charge on any atom is -0.343 e. The van der Waals surface area contributed by atoms with Crippen LogP contribution >= 0.6 is 28.3 Å². The third-order valence-corrected chi connectivity index (χ3v) is 5.38. The fraction of sp³-hybridized carbons (Fsp3) is 0.588. The predicted molar refractivity (Wildman–Crippen MR) is 97.4 cm³/mol. The number of hydrogen-bond donors (Lipinski definition) is 1. The van der Waals surface area contributed by atoms with Crippen LogP contribution in [0.1, 0.15) is 37.3 Å². The summed E-state index contributed by atoms with van der Waals surface area (Å²) in [6.07, 6.45) is 3.51. The van der Waals surface area contributed by atoms with Crippen LogP contribution in [0, 0.1) is 12.8 Å². The van der Waals surface area contributed by atoms with Gasteiger partial charge in [0.15, 0.2) is 0 Å². The number of nitrogens with zero attached hydrogens (tertiary/aromatic N) is 1. The number of hydrogen-bond acceptors (Lipinski definition) is 2. The molecule has 1 aromatic rings. The molecule has 0 saturated carbocycles. The Bertz CT molecular complexity index is 499. The number of aryl methyl sites for hydroxylation is 2. The van der Waals surface area contributed by atoms with Crippen molar-refractivity contribution in [2.24, 2.45) is 11.7 Å². The Labute approximate surface area is 148 Å². The van der Waals surface area contributed by atoms with E-state index in [0.717, 1.165) is 36.8 Å². The fourth-order valence-corrected chi connectivity index (χ4v) is 3.19. The molecule has 1 fully saturated rings. The van der Waals surface area contributed by atoms with E-state index in [1.165, 1.54) is 11.1 Å². The predicted octanol–water partition coefficient (Wildman–Crippen LogP) is 3.70. The van der Waals surface area contributed by atoms with Crippen molar-refractivity contribution in [3.8, 4) is 0 Å². The zero-order chi connectivity index (χ0) is 15.4. The first-order valence-electron chi connectivity index (χ1n) is 7.75. The van der Waals surface area contributed by atoms with E-state index in [1.807, 2.05) is 4.90 Å². The highest BCUT2D eigenvalue weighted by Gasteiger charge is 2.24. The molecule has 1 aliphatic heterocycles. The van der Waals surface area contributed by atoms with Crippen LogP contribution in [0.15, 0.2) is 22.7 Å². The number of halogens is 2. The molecule has 3 nitrogen and oxygen atoms in total. The van der Waals surface area contributed by atoms with Crippen LogP contribution in [0.4, 0.5) is 0 Å². The molecule has 0 aromatic heterocycles. The highest BCUT2D eigenvalue weighted by molar-refractivity contribution is 9.10. The Kier molecular flexibility index (Phi) is 7.87. The zero-order valence-electron chi connectivity index (χ0n) is 13.3. The van der Waals surface area contributed by atoms with Crippen LogP contribution in [0.3, 0.4) is 0 Å². The number of likely N-dealkylation sites (tertiary alicyclic amines) is 1. The molecule has 22 heavy (non-hydrogen) atoms. The van der Waals surface area contributed by atoms with Crippen molar-refractivity contribution in [2.75, 3.05) is 13.1 Å². The van der Waals surface area contributed by atoms with Gasteiger partial charge in [0, 0.05) is 30.0 Å². The Balaban J connectivity index is 0.00000242. The van der Waals surface area contributed by atoms with Crippen molar-refractivity contribution in [2.45, 2.75) is 45.6 Å². The number of benzene rings is 1. The summed E-state index contributed by atoms with van der Waals surface area (Å²) in [5, 5.41) is 0. The second kappa shape index (κ2) is 8.90. The smallest absolute Gasteiger partial charge is 0.222 e. The van der Waals surface area contributed by atoms with Crippen molar-refractivity contribution in [1.82, 2.24) is 4.90 Å². The molecule has 1 unspecified atom stereocenters. The maximum atomic E-state index is 12.3. The van der Waals surface area contributed by atoms with E-state index in [9.17, 15) is 4.79 Å².